The van der Waals surface area contributed by atoms with E-state index in [2.05, 4.69) is 20.3 Å². The van der Waals surface area contributed by atoms with Gasteiger partial charge >= 0.3 is 0 Å². The number of carbonyl (C=O) groups excluding carboxylic acids is 1. The Morgan fingerprint density at radius 3 is 2.56 bits per heavy atom. The van der Waals surface area contributed by atoms with Crippen molar-refractivity contribution < 1.29 is 13.6 Å². The fourth-order valence-electron chi connectivity index (χ4n) is 2.95. The van der Waals surface area contributed by atoms with Gasteiger partial charge in [0.25, 0.3) is 0 Å². The molecule has 0 aliphatic carbocycles. The summed E-state index contributed by atoms with van der Waals surface area (Å²) in [6.07, 6.45) is 2.73. The number of halogens is 2. The lowest BCUT2D eigenvalue weighted by molar-refractivity contribution is 0.103. The summed E-state index contributed by atoms with van der Waals surface area (Å²) in [6.45, 7) is 1.95. The predicted molar refractivity (Wildman–Crippen MR) is 98.1 cm³/mol. The Morgan fingerprint density at radius 2 is 1.81 bits per heavy atom. The molecule has 27 heavy (non-hydrogen) atoms. The third-order valence-electron chi connectivity index (χ3n) is 4.19. The van der Waals surface area contributed by atoms with E-state index < -0.39 is 23.0 Å². The summed E-state index contributed by atoms with van der Waals surface area (Å²) in [4.78, 5) is 24.0. The Labute approximate surface area is 153 Å². The zero-order valence-corrected chi connectivity index (χ0v) is 14.3. The number of aromatic nitrogens is 3. The normalized spacial score (nSPS) is 10.9. The van der Waals surface area contributed by atoms with Crippen LogP contribution in [0.2, 0.25) is 0 Å². The molecule has 4 aromatic rings. The minimum Gasteiger partial charge on any atom is -0.345 e. The van der Waals surface area contributed by atoms with E-state index in [0.717, 1.165) is 23.4 Å². The zero-order chi connectivity index (χ0) is 19.0. The van der Waals surface area contributed by atoms with Crippen molar-refractivity contribution in [3.05, 3.63) is 83.3 Å². The van der Waals surface area contributed by atoms with Gasteiger partial charge in [0.2, 0.25) is 5.78 Å². The maximum absolute atomic E-state index is 14.1. The van der Waals surface area contributed by atoms with Crippen molar-refractivity contribution in [2.75, 3.05) is 5.32 Å². The predicted octanol–water partition coefficient (Wildman–Crippen LogP) is 4.52. The van der Waals surface area contributed by atoms with Crippen LogP contribution in [0.1, 0.15) is 21.5 Å². The van der Waals surface area contributed by atoms with Crippen molar-refractivity contribution >= 4 is 28.3 Å². The molecular formula is C20H14F2N4O. The number of aryl methyl sites for hydroxylation is 1. The molecule has 0 aliphatic heterocycles. The van der Waals surface area contributed by atoms with E-state index in [9.17, 15) is 13.6 Å². The standard InChI is InChI=1S/C20H14F2N4O/c1-11-4-2-5-12(8-11)26-20-16-13(9-23-19(16)24-10-25-20)18(27)17-14(21)6-3-7-15(17)22/h2-10H,1H3,(H2,23,24,25,26). The summed E-state index contributed by atoms with van der Waals surface area (Å²) in [7, 11) is 0. The highest BCUT2D eigenvalue weighted by Gasteiger charge is 2.23. The van der Waals surface area contributed by atoms with Crippen LogP contribution < -0.4 is 5.32 Å². The number of carbonyl (C=O) groups is 1. The smallest absolute Gasteiger partial charge is 0.201 e. The highest BCUT2D eigenvalue weighted by molar-refractivity contribution is 6.18. The van der Waals surface area contributed by atoms with Crippen molar-refractivity contribution in [3.63, 3.8) is 0 Å². The fourth-order valence-corrected chi connectivity index (χ4v) is 2.95. The Balaban J connectivity index is 1.84. The summed E-state index contributed by atoms with van der Waals surface area (Å²) in [5, 5.41) is 3.51. The summed E-state index contributed by atoms with van der Waals surface area (Å²) in [5.41, 5.74) is 1.68. The average Bonchev–Trinajstić information content (AvgIpc) is 3.07. The van der Waals surface area contributed by atoms with Crippen molar-refractivity contribution in [1.82, 2.24) is 15.0 Å². The second-order valence-corrected chi connectivity index (χ2v) is 6.07. The second-order valence-electron chi connectivity index (χ2n) is 6.07. The molecule has 4 rings (SSSR count). The van der Waals surface area contributed by atoms with Gasteiger partial charge in [-0.2, -0.15) is 0 Å². The average molecular weight is 364 g/mol. The van der Waals surface area contributed by atoms with Crippen molar-refractivity contribution in [1.29, 1.82) is 0 Å². The zero-order valence-electron chi connectivity index (χ0n) is 14.3. The molecule has 0 radical (unpaired) electrons. The Morgan fingerprint density at radius 1 is 1.07 bits per heavy atom. The molecule has 0 amide bonds. The fraction of sp³-hybridized carbons (Fsp3) is 0.0500. The molecule has 0 aliphatic rings. The molecule has 2 aromatic carbocycles. The monoisotopic (exact) mass is 364 g/mol. The van der Waals surface area contributed by atoms with Crippen molar-refractivity contribution in [2.45, 2.75) is 6.92 Å². The van der Waals surface area contributed by atoms with Gasteiger partial charge in [-0.15, -0.1) is 0 Å². The lowest BCUT2D eigenvalue weighted by Gasteiger charge is -2.09. The Bertz CT molecular complexity index is 1150. The number of benzene rings is 2. The van der Waals surface area contributed by atoms with E-state index in [1.54, 1.807) is 0 Å². The highest BCUT2D eigenvalue weighted by atomic mass is 19.1. The van der Waals surface area contributed by atoms with Gasteiger partial charge in [0.1, 0.15) is 29.4 Å². The third-order valence-corrected chi connectivity index (χ3v) is 4.19. The number of nitrogens with zero attached hydrogens (tertiary/aromatic N) is 2. The summed E-state index contributed by atoms with van der Waals surface area (Å²) >= 11 is 0. The number of hydrogen-bond acceptors (Lipinski definition) is 4. The lowest BCUT2D eigenvalue weighted by atomic mass is 10.0. The molecule has 7 heteroatoms. The number of nitrogens with one attached hydrogen (secondary N) is 2. The van der Waals surface area contributed by atoms with Gasteiger partial charge in [0, 0.05) is 11.9 Å². The van der Waals surface area contributed by atoms with Crippen LogP contribution in [0, 0.1) is 18.6 Å². The van der Waals surface area contributed by atoms with Crippen LogP contribution in [0.25, 0.3) is 11.0 Å². The summed E-state index contributed by atoms with van der Waals surface area (Å²) in [6, 6.07) is 10.9. The highest BCUT2D eigenvalue weighted by Crippen LogP contribution is 2.29. The molecule has 0 saturated heterocycles. The van der Waals surface area contributed by atoms with E-state index >= 15 is 0 Å². The third kappa shape index (κ3) is 3.03. The molecule has 2 aromatic heterocycles. The first kappa shape index (κ1) is 16.8. The van der Waals surface area contributed by atoms with E-state index in [1.807, 2.05) is 31.2 Å². The van der Waals surface area contributed by atoms with Crippen molar-refractivity contribution in [3.8, 4) is 0 Å². The van der Waals surface area contributed by atoms with Crippen LogP contribution >= 0.6 is 0 Å². The van der Waals surface area contributed by atoms with E-state index in [-0.39, 0.29) is 5.56 Å². The maximum Gasteiger partial charge on any atom is 0.201 e. The molecule has 0 saturated carbocycles. The molecule has 0 fully saturated rings. The number of anilines is 2. The van der Waals surface area contributed by atoms with E-state index in [0.29, 0.717) is 16.9 Å². The first-order valence-corrected chi connectivity index (χ1v) is 8.19. The van der Waals surface area contributed by atoms with Crippen LogP contribution in [0.15, 0.2) is 55.0 Å². The van der Waals surface area contributed by atoms with Crippen LogP contribution in [0.5, 0.6) is 0 Å². The van der Waals surface area contributed by atoms with Crippen LogP contribution in [-0.2, 0) is 0 Å². The molecule has 2 N–H and O–H groups in total. The van der Waals surface area contributed by atoms with Gasteiger partial charge in [-0.1, -0.05) is 18.2 Å². The number of hydrogen-bond donors (Lipinski definition) is 2. The van der Waals surface area contributed by atoms with Gasteiger partial charge < -0.3 is 10.3 Å². The quantitative estimate of drug-likeness (QED) is 0.523. The van der Waals surface area contributed by atoms with Gasteiger partial charge in [0.15, 0.2) is 0 Å². The second kappa shape index (κ2) is 6.60. The molecule has 134 valence electrons. The number of ketones is 1. The molecule has 0 spiro atoms. The van der Waals surface area contributed by atoms with Gasteiger partial charge in [0.05, 0.1) is 16.5 Å². The minimum absolute atomic E-state index is 0.0877. The Hall–Kier alpha value is -3.61. The van der Waals surface area contributed by atoms with Gasteiger partial charge in [-0.25, -0.2) is 18.7 Å². The van der Waals surface area contributed by atoms with Crippen LogP contribution in [0.4, 0.5) is 20.3 Å². The molecule has 0 unspecified atom stereocenters. The van der Waals surface area contributed by atoms with E-state index in [4.69, 9.17) is 0 Å². The number of rotatable bonds is 4. The number of fused-ring (bicyclic) bond motifs is 1. The molecule has 0 atom stereocenters. The van der Waals surface area contributed by atoms with Crippen molar-refractivity contribution in [2.24, 2.45) is 0 Å². The SMILES string of the molecule is Cc1cccc(Nc2ncnc3[nH]cc(C(=O)c4c(F)cccc4F)c23)c1. The molecule has 0 bridgehead atoms. The minimum atomic E-state index is -0.917. The summed E-state index contributed by atoms with van der Waals surface area (Å²) < 4.78 is 28.1. The number of aromatic amines is 1. The molecule has 5 nitrogen and oxygen atoms in total. The number of H-pyrrole nitrogens is 1. The van der Waals surface area contributed by atoms with Gasteiger partial charge in [-0.05, 0) is 36.8 Å². The van der Waals surface area contributed by atoms with Crippen LogP contribution in [-0.4, -0.2) is 20.7 Å². The first-order valence-electron chi connectivity index (χ1n) is 8.19. The molecule has 2 heterocycles. The first-order chi connectivity index (χ1) is 13.0. The lowest BCUT2D eigenvalue weighted by Crippen LogP contribution is -2.08. The maximum atomic E-state index is 14.1. The topological polar surface area (TPSA) is 70.7 Å². The van der Waals surface area contributed by atoms with Crippen LogP contribution in [0.3, 0.4) is 0 Å². The van der Waals surface area contributed by atoms with Gasteiger partial charge in [-0.3, -0.25) is 4.79 Å². The largest absolute Gasteiger partial charge is 0.345 e. The Kier molecular flexibility index (Phi) is 4.12. The summed E-state index contributed by atoms with van der Waals surface area (Å²) in [5.74, 6) is -2.25. The van der Waals surface area contributed by atoms with E-state index in [1.165, 1.54) is 18.6 Å². The molecular weight excluding hydrogens is 350 g/mol.